The highest BCUT2D eigenvalue weighted by Crippen LogP contribution is 2.28. The lowest BCUT2D eigenvalue weighted by Gasteiger charge is -2.10. The maximum atomic E-state index is 12.1. The maximum Gasteiger partial charge on any atom is 0.338 e. The van der Waals surface area contributed by atoms with Gasteiger partial charge in [-0.1, -0.05) is 42.0 Å². The zero-order chi connectivity index (χ0) is 21.4. The summed E-state index contributed by atoms with van der Waals surface area (Å²) in [4.78, 5) is 26.5. The van der Waals surface area contributed by atoms with Crippen molar-refractivity contribution in [3.8, 4) is 17.1 Å². The number of imidazole rings is 1. The number of para-hydroxylation sites is 2. The Labute approximate surface area is 179 Å². The third-order valence-electron chi connectivity index (χ3n) is 5.12. The van der Waals surface area contributed by atoms with E-state index in [1.807, 2.05) is 53.1 Å². The zero-order valence-corrected chi connectivity index (χ0v) is 17.2. The Bertz CT molecular complexity index is 1400. The molecule has 0 aliphatic rings. The molecule has 2 aromatic heterocycles. The molecular weight excluding hydrogens is 388 g/mol. The number of hydrogen-bond acceptors (Lipinski definition) is 5. The van der Waals surface area contributed by atoms with Crippen LogP contribution in [-0.4, -0.2) is 32.1 Å². The molecule has 0 aliphatic heterocycles. The minimum atomic E-state index is -0.339. The fourth-order valence-corrected chi connectivity index (χ4v) is 3.56. The molecule has 0 N–H and O–H groups in total. The van der Waals surface area contributed by atoms with Crippen LogP contribution in [0.25, 0.3) is 39.4 Å². The molecule has 0 saturated carbocycles. The summed E-state index contributed by atoms with van der Waals surface area (Å²) >= 11 is 0. The molecule has 0 radical (unpaired) electrons. The lowest BCUT2D eigenvalue weighted by molar-refractivity contribution is 0.0526. The van der Waals surface area contributed by atoms with Crippen molar-refractivity contribution in [3.05, 3.63) is 83.9 Å². The first kappa shape index (κ1) is 18.9. The molecule has 5 rings (SSSR count). The Kier molecular flexibility index (Phi) is 4.67. The number of carbonyl (C=O) groups excluding carboxylic acids is 1. The van der Waals surface area contributed by atoms with Gasteiger partial charge >= 0.3 is 5.97 Å². The first-order valence-electron chi connectivity index (χ1n) is 10.1. The number of aryl methyl sites for hydroxylation is 1. The molecule has 5 aromatic rings. The molecule has 0 aliphatic carbocycles. The Morgan fingerprint density at radius 2 is 1.55 bits per heavy atom. The minimum absolute atomic E-state index is 0.339. The van der Waals surface area contributed by atoms with E-state index in [0.717, 1.165) is 28.1 Å². The average Bonchev–Trinajstić information content (AvgIpc) is 3.16. The second-order valence-electron chi connectivity index (χ2n) is 7.26. The van der Waals surface area contributed by atoms with Crippen LogP contribution in [0.4, 0.5) is 0 Å². The van der Waals surface area contributed by atoms with Gasteiger partial charge in [0.25, 0.3) is 0 Å². The predicted octanol–water partition coefficient (Wildman–Crippen LogP) is 5.12. The van der Waals surface area contributed by atoms with Gasteiger partial charge in [0.2, 0.25) is 0 Å². The van der Waals surface area contributed by atoms with E-state index < -0.39 is 0 Å². The summed E-state index contributed by atoms with van der Waals surface area (Å²) in [7, 11) is 0. The van der Waals surface area contributed by atoms with Gasteiger partial charge in [0.1, 0.15) is 5.82 Å². The number of rotatable bonds is 4. The van der Waals surface area contributed by atoms with E-state index >= 15 is 0 Å². The van der Waals surface area contributed by atoms with Gasteiger partial charge in [-0.25, -0.2) is 19.7 Å². The molecule has 2 heterocycles. The van der Waals surface area contributed by atoms with Gasteiger partial charge < -0.3 is 4.74 Å². The van der Waals surface area contributed by atoms with E-state index in [1.165, 1.54) is 5.56 Å². The lowest BCUT2D eigenvalue weighted by Crippen LogP contribution is -2.05. The lowest BCUT2D eigenvalue weighted by atomic mass is 10.1. The third-order valence-corrected chi connectivity index (χ3v) is 5.12. The van der Waals surface area contributed by atoms with Crippen molar-refractivity contribution >= 4 is 28.3 Å². The summed E-state index contributed by atoms with van der Waals surface area (Å²) in [6.45, 7) is 4.18. The maximum absolute atomic E-state index is 12.1. The molecule has 0 amide bonds. The molecule has 0 bridgehead atoms. The third kappa shape index (κ3) is 3.42. The van der Waals surface area contributed by atoms with Gasteiger partial charge in [-0.05, 0) is 50.2 Å². The monoisotopic (exact) mass is 408 g/mol. The van der Waals surface area contributed by atoms with Crippen LogP contribution >= 0.6 is 0 Å². The summed E-state index contributed by atoms with van der Waals surface area (Å²) in [6.07, 6.45) is 0. The van der Waals surface area contributed by atoms with Crippen molar-refractivity contribution < 1.29 is 9.53 Å². The quantitative estimate of drug-likeness (QED) is 0.386. The van der Waals surface area contributed by atoms with E-state index in [0.29, 0.717) is 23.5 Å². The Hall–Kier alpha value is -4.06. The molecule has 3 aromatic carbocycles. The van der Waals surface area contributed by atoms with Crippen LogP contribution in [0.3, 0.4) is 0 Å². The molecule has 0 fully saturated rings. The number of nitrogens with zero attached hydrogens (tertiary/aromatic N) is 4. The number of ether oxygens (including phenoxy) is 1. The van der Waals surface area contributed by atoms with E-state index in [1.54, 1.807) is 19.1 Å². The summed E-state index contributed by atoms with van der Waals surface area (Å²) in [5, 5.41) is 0. The van der Waals surface area contributed by atoms with Gasteiger partial charge in [0.05, 0.1) is 23.2 Å². The first-order chi connectivity index (χ1) is 15.1. The van der Waals surface area contributed by atoms with Crippen LogP contribution in [0.2, 0.25) is 0 Å². The van der Waals surface area contributed by atoms with Gasteiger partial charge in [-0.2, -0.15) is 0 Å². The molecule has 0 saturated heterocycles. The number of aromatic nitrogens is 4. The molecule has 0 spiro atoms. The largest absolute Gasteiger partial charge is 0.462 e. The van der Waals surface area contributed by atoms with E-state index in [2.05, 4.69) is 19.1 Å². The number of benzene rings is 3. The molecule has 0 atom stereocenters. The smallest absolute Gasteiger partial charge is 0.338 e. The highest BCUT2D eigenvalue weighted by molar-refractivity contribution is 5.90. The summed E-state index contributed by atoms with van der Waals surface area (Å²) in [5.74, 6) is 0.406. The average molecular weight is 408 g/mol. The van der Waals surface area contributed by atoms with Crippen molar-refractivity contribution in [3.63, 3.8) is 0 Å². The topological polar surface area (TPSA) is 69.9 Å². The zero-order valence-electron chi connectivity index (χ0n) is 17.2. The molecule has 0 unspecified atom stereocenters. The van der Waals surface area contributed by atoms with Crippen LogP contribution < -0.4 is 0 Å². The van der Waals surface area contributed by atoms with Crippen molar-refractivity contribution in [2.75, 3.05) is 6.61 Å². The van der Waals surface area contributed by atoms with Gasteiger partial charge in [0.15, 0.2) is 11.3 Å². The van der Waals surface area contributed by atoms with Crippen molar-refractivity contribution in [2.24, 2.45) is 0 Å². The summed E-state index contributed by atoms with van der Waals surface area (Å²) in [5.41, 5.74) is 6.32. The first-order valence-corrected chi connectivity index (χ1v) is 10.1. The Morgan fingerprint density at radius 3 is 2.23 bits per heavy atom. The highest BCUT2D eigenvalue weighted by atomic mass is 16.5. The molecule has 152 valence electrons. The minimum Gasteiger partial charge on any atom is -0.462 e. The van der Waals surface area contributed by atoms with Crippen LogP contribution in [-0.2, 0) is 4.74 Å². The van der Waals surface area contributed by atoms with Crippen LogP contribution in [0, 0.1) is 6.92 Å². The Morgan fingerprint density at radius 1 is 0.871 bits per heavy atom. The SMILES string of the molecule is CCOC(=O)c1ccc(-n2c(-c3ccc(C)cc3)nc3nc4ccccc4nc32)cc1. The van der Waals surface area contributed by atoms with E-state index in [4.69, 9.17) is 19.7 Å². The Balaban J connectivity index is 1.74. The van der Waals surface area contributed by atoms with E-state index in [9.17, 15) is 4.79 Å². The van der Waals surface area contributed by atoms with Crippen LogP contribution in [0.5, 0.6) is 0 Å². The molecule has 31 heavy (non-hydrogen) atoms. The summed E-state index contributed by atoms with van der Waals surface area (Å²) < 4.78 is 7.08. The highest BCUT2D eigenvalue weighted by Gasteiger charge is 2.18. The number of fused-ring (bicyclic) bond motifs is 2. The molecular formula is C25H20N4O2. The normalized spacial score (nSPS) is 11.2. The number of carbonyl (C=O) groups is 1. The second kappa shape index (κ2) is 7.65. The number of hydrogen-bond donors (Lipinski definition) is 0. The van der Waals surface area contributed by atoms with Gasteiger partial charge in [-0.3, -0.25) is 4.57 Å². The number of esters is 1. The van der Waals surface area contributed by atoms with Crippen molar-refractivity contribution in [1.82, 2.24) is 19.5 Å². The summed E-state index contributed by atoms with van der Waals surface area (Å²) in [6, 6.07) is 23.2. The fraction of sp³-hybridized carbons (Fsp3) is 0.120. The van der Waals surface area contributed by atoms with Gasteiger partial charge in [-0.15, -0.1) is 0 Å². The van der Waals surface area contributed by atoms with Gasteiger partial charge in [0, 0.05) is 11.3 Å². The van der Waals surface area contributed by atoms with E-state index in [-0.39, 0.29) is 5.97 Å². The van der Waals surface area contributed by atoms with Crippen LogP contribution in [0.1, 0.15) is 22.8 Å². The standard InChI is InChI=1S/C25H20N4O2/c1-3-31-25(30)18-12-14-19(15-13-18)29-23(17-10-8-16(2)9-11-17)28-22-24(29)27-21-7-5-4-6-20(21)26-22/h4-15H,3H2,1-2H3. The van der Waals surface area contributed by atoms with Crippen molar-refractivity contribution in [2.45, 2.75) is 13.8 Å². The molecule has 6 nitrogen and oxygen atoms in total. The van der Waals surface area contributed by atoms with Crippen LogP contribution in [0.15, 0.2) is 72.8 Å². The van der Waals surface area contributed by atoms with Crippen molar-refractivity contribution in [1.29, 1.82) is 0 Å². The molecule has 6 heteroatoms. The predicted molar refractivity (Wildman–Crippen MR) is 120 cm³/mol. The second-order valence-corrected chi connectivity index (χ2v) is 7.26. The fourth-order valence-electron chi connectivity index (χ4n) is 3.56.